The van der Waals surface area contributed by atoms with E-state index in [2.05, 4.69) is 53.9 Å². The Morgan fingerprint density at radius 3 is 2.35 bits per heavy atom. The van der Waals surface area contributed by atoms with Gasteiger partial charge in [0.1, 0.15) is 11.9 Å². The third-order valence-electron chi connectivity index (χ3n) is 3.02. The van der Waals surface area contributed by atoms with Crippen LogP contribution in [0.2, 0.25) is 0 Å². The summed E-state index contributed by atoms with van der Waals surface area (Å²) < 4.78 is 6.74. The molecule has 4 nitrogen and oxygen atoms in total. The van der Waals surface area contributed by atoms with E-state index in [-0.39, 0.29) is 11.5 Å². The topological polar surface area (TPSA) is 47.0 Å². The predicted molar refractivity (Wildman–Crippen MR) is 87.3 cm³/mol. The molecule has 5 heteroatoms. The quantitative estimate of drug-likeness (QED) is 0.828. The van der Waals surface area contributed by atoms with Crippen molar-refractivity contribution in [1.29, 1.82) is 0 Å². The van der Waals surface area contributed by atoms with E-state index in [1.807, 2.05) is 14.0 Å². The van der Waals surface area contributed by atoms with Crippen molar-refractivity contribution in [2.24, 2.45) is 0 Å². The van der Waals surface area contributed by atoms with Crippen LogP contribution in [0.25, 0.3) is 0 Å². The highest BCUT2D eigenvalue weighted by Gasteiger charge is 2.25. The minimum absolute atomic E-state index is 0.0358. The van der Waals surface area contributed by atoms with Crippen LogP contribution in [0.15, 0.2) is 4.47 Å². The third kappa shape index (κ3) is 4.16. The first-order valence-electron chi connectivity index (χ1n) is 7.22. The monoisotopic (exact) mass is 343 g/mol. The van der Waals surface area contributed by atoms with Gasteiger partial charge in [0.15, 0.2) is 5.82 Å². The SMILES string of the molecule is CCCC(OCC)c1nc(NC)c(Br)c(C(C)(C)C)n1. The van der Waals surface area contributed by atoms with Crippen LogP contribution in [0.3, 0.4) is 0 Å². The van der Waals surface area contributed by atoms with Gasteiger partial charge in [-0.15, -0.1) is 0 Å². The van der Waals surface area contributed by atoms with Crippen LogP contribution in [0, 0.1) is 0 Å². The Balaban J connectivity index is 3.32. The third-order valence-corrected chi connectivity index (χ3v) is 3.77. The minimum Gasteiger partial charge on any atom is -0.372 e. The maximum absolute atomic E-state index is 5.81. The molecule has 1 heterocycles. The molecule has 0 aliphatic carbocycles. The normalized spacial score (nSPS) is 13.3. The molecule has 0 radical (unpaired) electrons. The second-order valence-electron chi connectivity index (χ2n) is 5.83. The van der Waals surface area contributed by atoms with Gasteiger partial charge in [-0.2, -0.15) is 0 Å². The van der Waals surface area contributed by atoms with Crippen molar-refractivity contribution in [1.82, 2.24) is 9.97 Å². The lowest BCUT2D eigenvalue weighted by Crippen LogP contribution is -2.20. The first-order chi connectivity index (χ1) is 9.35. The van der Waals surface area contributed by atoms with Gasteiger partial charge in [0.05, 0.1) is 10.2 Å². The fraction of sp³-hybridized carbons (Fsp3) is 0.733. The average molecular weight is 344 g/mol. The molecular weight excluding hydrogens is 318 g/mol. The minimum atomic E-state index is -0.0505. The van der Waals surface area contributed by atoms with E-state index < -0.39 is 0 Å². The number of rotatable bonds is 6. The largest absolute Gasteiger partial charge is 0.372 e. The van der Waals surface area contributed by atoms with Gasteiger partial charge in [-0.3, -0.25) is 0 Å². The van der Waals surface area contributed by atoms with Gasteiger partial charge in [0.2, 0.25) is 0 Å². The lowest BCUT2D eigenvalue weighted by molar-refractivity contribution is 0.0491. The lowest BCUT2D eigenvalue weighted by atomic mass is 9.91. The van der Waals surface area contributed by atoms with Crippen LogP contribution in [0.4, 0.5) is 5.82 Å². The van der Waals surface area contributed by atoms with Gasteiger partial charge < -0.3 is 10.1 Å². The van der Waals surface area contributed by atoms with E-state index in [1.165, 1.54) is 0 Å². The number of aromatic nitrogens is 2. The van der Waals surface area contributed by atoms with Gasteiger partial charge in [-0.1, -0.05) is 34.1 Å². The first-order valence-corrected chi connectivity index (χ1v) is 8.01. The van der Waals surface area contributed by atoms with Crippen molar-refractivity contribution in [3.05, 3.63) is 16.0 Å². The molecule has 0 spiro atoms. The summed E-state index contributed by atoms with van der Waals surface area (Å²) in [6.07, 6.45) is 1.94. The molecule has 114 valence electrons. The molecule has 0 amide bonds. The Morgan fingerprint density at radius 2 is 1.90 bits per heavy atom. The molecule has 0 saturated carbocycles. The van der Waals surface area contributed by atoms with Crippen molar-refractivity contribution in [2.75, 3.05) is 19.0 Å². The standard InChI is InChI=1S/C15H26BrN3O/c1-7-9-10(20-8-2)13-18-12(15(3,4)5)11(16)14(17-6)19-13/h10H,7-9H2,1-6H3,(H,17,18,19). The fourth-order valence-corrected chi connectivity index (χ4v) is 2.99. The second kappa shape index (κ2) is 7.36. The van der Waals surface area contributed by atoms with Crippen LogP contribution >= 0.6 is 15.9 Å². The van der Waals surface area contributed by atoms with E-state index in [0.717, 1.165) is 34.7 Å². The molecule has 0 bridgehead atoms. The Labute approximate surface area is 130 Å². The van der Waals surface area contributed by atoms with Crippen LogP contribution < -0.4 is 5.32 Å². The Hall–Kier alpha value is -0.680. The summed E-state index contributed by atoms with van der Waals surface area (Å²) >= 11 is 3.61. The summed E-state index contributed by atoms with van der Waals surface area (Å²) in [5.74, 6) is 1.59. The number of halogens is 1. The maximum Gasteiger partial charge on any atom is 0.159 e. The molecule has 0 aliphatic rings. The molecule has 0 fully saturated rings. The van der Waals surface area contributed by atoms with Crippen molar-refractivity contribution in [2.45, 2.75) is 59.0 Å². The number of hydrogen-bond acceptors (Lipinski definition) is 4. The predicted octanol–water partition coefficient (Wildman–Crippen LogP) is 4.46. The molecule has 1 aromatic rings. The first kappa shape index (κ1) is 17.4. The maximum atomic E-state index is 5.81. The van der Waals surface area contributed by atoms with E-state index in [9.17, 15) is 0 Å². The van der Waals surface area contributed by atoms with Crippen molar-refractivity contribution in [3.63, 3.8) is 0 Å². The van der Waals surface area contributed by atoms with Gasteiger partial charge in [-0.25, -0.2) is 9.97 Å². The van der Waals surface area contributed by atoms with E-state index in [1.54, 1.807) is 0 Å². The van der Waals surface area contributed by atoms with Gasteiger partial charge >= 0.3 is 0 Å². The summed E-state index contributed by atoms with van der Waals surface area (Å²) in [6, 6.07) is 0. The number of ether oxygens (including phenoxy) is 1. The van der Waals surface area contributed by atoms with Gasteiger partial charge in [0.25, 0.3) is 0 Å². The van der Waals surface area contributed by atoms with Crippen molar-refractivity contribution in [3.8, 4) is 0 Å². The molecule has 1 aromatic heterocycles. The summed E-state index contributed by atoms with van der Waals surface area (Å²) in [6.45, 7) is 11.3. The molecule has 1 atom stereocenters. The zero-order chi connectivity index (χ0) is 15.3. The van der Waals surface area contributed by atoms with Crippen LogP contribution in [0.1, 0.15) is 65.1 Å². The molecular formula is C15H26BrN3O. The number of nitrogens with zero attached hydrogens (tertiary/aromatic N) is 2. The highest BCUT2D eigenvalue weighted by molar-refractivity contribution is 9.10. The molecule has 0 aromatic carbocycles. The Bertz CT molecular complexity index is 437. The molecule has 1 unspecified atom stereocenters. The highest BCUT2D eigenvalue weighted by atomic mass is 79.9. The van der Waals surface area contributed by atoms with Crippen LogP contribution in [-0.4, -0.2) is 23.6 Å². The number of anilines is 1. The molecule has 0 saturated heterocycles. The van der Waals surface area contributed by atoms with E-state index >= 15 is 0 Å². The molecule has 1 rings (SSSR count). The van der Waals surface area contributed by atoms with Gasteiger partial charge in [-0.05, 0) is 29.3 Å². The number of nitrogens with one attached hydrogen (secondary N) is 1. The van der Waals surface area contributed by atoms with E-state index in [0.29, 0.717) is 6.61 Å². The molecule has 0 aliphatic heterocycles. The zero-order valence-corrected chi connectivity index (χ0v) is 15.0. The average Bonchev–Trinajstić information content (AvgIpc) is 2.37. The summed E-state index contributed by atoms with van der Waals surface area (Å²) in [5.41, 5.74) is 0.957. The number of hydrogen-bond donors (Lipinski definition) is 1. The molecule has 20 heavy (non-hydrogen) atoms. The van der Waals surface area contributed by atoms with Crippen molar-refractivity contribution >= 4 is 21.7 Å². The zero-order valence-electron chi connectivity index (χ0n) is 13.4. The lowest BCUT2D eigenvalue weighted by Gasteiger charge is -2.24. The Morgan fingerprint density at radius 1 is 1.25 bits per heavy atom. The summed E-state index contributed by atoms with van der Waals surface area (Å²) in [5, 5.41) is 3.13. The van der Waals surface area contributed by atoms with E-state index in [4.69, 9.17) is 9.72 Å². The van der Waals surface area contributed by atoms with Crippen molar-refractivity contribution < 1.29 is 4.74 Å². The molecule has 1 N–H and O–H groups in total. The fourth-order valence-electron chi connectivity index (χ4n) is 2.02. The van der Waals surface area contributed by atoms with Crippen LogP contribution in [-0.2, 0) is 10.2 Å². The smallest absolute Gasteiger partial charge is 0.159 e. The second-order valence-corrected chi connectivity index (χ2v) is 6.62. The summed E-state index contributed by atoms with van der Waals surface area (Å²) in [4.78, 5) is 9.38. The van der Waals surface area contributed by atoms with Gasteiger partial charge in [0, 0.05) is 19.1 Å². The van der Waals surface area contributed by atoms with Crippen LogP contribution in [0.5, 0.6) is 0 Å². The highest BCUT2D eigenvalue weighted by Crippen LogP contribution is 2.34. The summed E-state index contributed by atoms with van der Waals surface area (Å²) in [7, 11) is 1.87. The Kier molecular flexibility index (Phi) is 6.40.